The number of carbonyl (C=O) groups excluding carboxylic acids is 1. The number of rotatable bonds is 7. The fourth-order valence-electron chi connectivity index (χ4n) is 4.38. The zero-order valence-electron chi connectivity index (χ0n) is 18.5. The number of nitrogens with zero attached hydrogens (tertiary/aromatic N) is 3. The summed E-state index contributed by atoms with van der Waals surface area (Å²) in [6.07, 6.45) is 7.90. The molecule has 1 saturated carbocycles. The Hall–Kier alpha value is -3.81. The van der Waals surface area contributed by atoms with Crippen LogP contribution < -0.4 is 20.2 Å². The van der Waals surface area contributed by atoms with Crippen LogP contribution in [0.5, 0.6) is 11.5 Å². The van der Waals surface area contributed by atoms with Gasteiger partial charge in [0.2, 0.25) is 0 Å². The van der Waals surface area contributed by atoms with Crippen LogP contribution in [-0.4, -0.2) is 35.1 Å². The van der Waals surface area contributed by atoms with Crippen molar-refractivity contribution in [1.29, 1.82) is 0 Å². The van der Waals surface area contributed by atoms with Gasteiger partial charge in [-0.1, -0.05) is 30.3 Å². The van der Waals surface area contributed by atoms with E-state index in [9.17, 15) is 4.79 Å². The van der Waals surface area contributed by atoms with Gasteiger partial charge in [-0.05, 0) is 55.0 Å². The minimum absolute atomic E-state index is 0.0857. The number of aromatic nitrogens is 2. The van der Waals surface area contributed by atoms with Crippen LogP contribution >= 0.6 is 0 Å². The predicted octanol–water partition coefficient (Wildman–Crippen LogP) is 4.14. The molecule has 1 atom stereocenters. The van der Waals surface area contributed by atoms with E-state index in [4.69, 9.17) is 9.47 Å². The lowest BCUT2D eigenvalue weighted by Crippen LogP contribution is -2.18. The van der Waals surface area contributed by atoms with E-state index in [0.29, 0.717) is 29.4 Å². The van der Waals surface area contributed by atoms with Crippen LogP contribution in [0.2, 0.25) is 0 Å². The summed E-state index contributed by atoms with van der Waals surface area (Å²) in [4.78, 5) is 12.7. The van der Waals surface area contributed by atoms with Crippen molar-refractivity contribution >= 4 is 17.9 Å². The molecular formula is C25H27N5O3. The van der Waals surface area contributed by atoms with Gasteiger partial charge in [-0.3, -0.25) is 4.79 Å². The minimum atomic E-state index is -0.315. The molecule has 1 fully saturated rings. The van der Waals surface area contributed by atoms with E-state index in [-0.39, 0.29) is 18.1 Å². The smallest absolute Gasteiger partial charge is 0.276 e. The normalized spacial score (nSPS) is 17.7. The largest absolute Gasteiger partial charge is 0.493 e. The Kier molecular flexibility index (Phi) is 5.97. The van der Waals surface area contributed by atoms with Crippen molar-refractivity contribution < 1.29 is 14.3 Å². The third-order valence-electron chi connectivity index (χ3n) is 6.12. The average Bonchev–Trinajstić information content (AvgIpc) is 3.57. The van der Waals surface area contributed by atoms with Crippen molar-refractivity contribution in [1.82, 2.24) is 15.2 Å². The van der Waals surface area contributed by atoms with Crippen LogP contribution in [0.25, 0.3) is 0 Å². The van der Waals surface area contributed by atoms with E-state index in [0.717, 1.165) is 24.0 Å². The van der Waals surface area contributed by atoms with Crippen LogP contribution in [0.1, 0.15) is 53.2 Å². The summed E-state index contributed by atoms with van der Waals surface area (Å²) in [7, 11) is 1.63. The molecule has 170 valence electrons. The molecule has 8 nitrogen and oxygen atoms in total. The minimum Gasteiger partial charge on any atom is -0.493 e. The molecule has 8 heteroatoms. The van der Waals surface area contributed by atoms with E-state index in [2.05, 4.69) is 33.1 Å². The van der Waals surface area contributed by atoms with Gasteiger partial charge in [-0.15, -0.1) is 0 Å². The third kappa shape index (κ3) is 4.55. The summed E-state index contributed by atoms with van der Waals surface area (Å²) < 4.78 is 13.4. The number of benzene rings is 2. The molecule has 2 heterocycles. The number of ether oxygens (including phenoxy) is 2. The SMILES string of the molecule is COc1ccc(/C=N/NC(=O)c2cnn3c2NC(c2ccccc2)C3)cc1OC1CCCC1. The molecule has 1 aromatic heterocycles. The van der Waals surface area contributed by atoms with E-state index in [1.54, 1.807) is 19.5 Å². The Morgan fingerprint density at radius 2 is 2.00 bits per heavy atom. The van der Waals surface area contributed by atoms with Gasteiger partial charge >= 0.3 is 0 Å². The van der Waals surface area contributed by atoms with Crippen LogP contribution in [-0.2, 0) is 6.54 Å². The van der Waals surface area contributed by atoms with E-state index in [1.807, 2.05) is 41.1 Å². The first-order valence-corrected chi connectivity index (χ1v) is 11.3. The molecule has 1 unspecified atom stereocenters. The highest BCUT2D eigenvalue weighted by atomic mass is 16.5. The fourth-order valence-corrected chi connectivity index (χ4v) is 4.38. The molecule has 2 aliphatic rings. The maximum Gasteiger partial charge on any atom is 0.276 e. The topological polar surface area (TPSA) is 89.8 Å². The number of anilines is 1. The highest BCUT2D eigenvalue weighted by molar-refractivity contribution is 5.99. The van der Waals surface area contributed by atoms with Crippen molar-refractivity contribution in [3.63, 3.8) is 0 Å². The maximum absolute atomic E-state index is 12.7. The second-order valence-electron chi connectivity index (χ2n) is 8.33. The molecule has 33 heavy (non-hydrogen) atoms. The first-order chi connectivity index (χ1) is 16.2. The molecule has 2 aromatic carbocycles. The van der Waals surface area contributed by atoms with Crippen molar-refractivity contribution in [2.45, 2.75) is 44.4 Å². The van der Waals surface area contributed by atoms with Crippen molar-refractivity contribution in [2.24, 2.45) is 5.10 Å². The third-order valence-corrected chi connectivity index (χ3v) is 6.12. The summed E-state index contributed by atoms with van der Waals surface area (Å²) in [5.41, 5.74) is 5.03. The molecule has 2 N–H and O–H groups in total. The number of methoxy groups -OCH3 is 1. The standard InChI is InChI=1S/C25H27N5O3/c1-32-22-12-11-17(13-23(22)33-19-9-5-6-10-19)14-26-29-25(31)20-15-27-30-16-21(28-24(20)30)18-7-3-2-4-8-18/h2-4,7-8,11-15,19,21,28H,5-6,9-10,16H2,1H3,(H,29,31)/b26-14+. The van der Waals surface area contributed by atoms with Crippen molar-refractivity contribution in [2.75, 3.05) is 12.4 Å². The summed E-state index contributed by atoms with van der Waals surface area (Å²) >= 11 is 0. The van der Waals surface area contributed by atoms with Gasteiger partial charge in [0.05, 0.1) is 38.2 Å². The lowest BCUT2D eigenvalue weighted by Gasteiger charge is -2.16. The Bertz CT molecular complexity index is 1150. The monoisotopic (exact) mass is 445 g/mol. The van der Waals surface area contributed by atoms with Gasteiger partial charge in [-0.25, -0.2) is 10.1 Å². The van der Waals surface area contributed by atoms with Crippen LogP contribution in [0.15, 0.2) is 59.8 Å². The lowest BCUT2D eigenvalue weighted by molar-refractivity contribution is 0.0956. The van der Waals surface area contributed by atoms with Crippen LogP contribution in [0.4, 0.5) is 5.82 Å². The van der Waals surface area contributed by atoms with Crippen LogP contribution in [0.3, 0.4) is 0 Å². The van der Waals surface area contributed by atoms with Gasteiger partial charge in [0, 0.05) is 0 Å². The molecular weight excluding hydrogens is 418 g/mol. The Morgan fingerprint density at radius 3 is 2.79 bits per heavy atom. The number of fused-ring (bicyclic) bond motifs is 1. The van der Waals surface area contributed by atoms with E-state index >= 15 is 0 Å². The molecule has 0 radical (unpaired) electrons. The Balaban J connectivity index is 1.24. The Morgan fingerprint density at radius 1 is 1.18 bits per heavy atom. The van der Waals surface area contributed by atoms with Gasteiger partial charge in [0.25, 0.3) is 5.91 Å². The molecule has 0 bridgehead atoms. The first-order valence-electron chi connectivity index (χ1n) is 11.3. The maximum atomic E-state index is 12.7. The number of amides is 1. The zero-order valence-corrected chi connectivity index (χ0v) is 18.5. The zero-order chi connectivity index (χ0) is 22.6. The van der Waals surface area contributed by atoms with E-state index in [1.165, 1.54) is 12.8 Å². The van der Waals surface area contributed by atoms with E-state index < -0.39 is 0 Å². The first kappa shape index (κ1) is 21.1. The number of nitrogens with one attached hydrogen (secondary N) is 2. The van der Waals surface area contributed by atoms with Gasteiger partial charge in [0.1, 0.15) is 11.4 Å². The summed E-state index contributed by atoms with van der Waals surface area (Å²) in [6.45, 7) is 0.672. The highest BCUT2D eigenvalue weighted by Crippen LogP contribution is 2.33. The number of hydrogen-bond acceptors (Lipinski definition) is 6. The average molecular weight is 446 g/mol. The van der Waals surface area contributed by atoms with Gasteiger partial charge in [0.15, 0.2) is 11.5 Å². The second kappa shape index (κ2) is 9.36. The van der Waals surface area contributed by atoms with Gasteiger partial charge in [-0.2, -0.15) is 10.2 Å². The van der Waals surface area contributed by atoms with Crippen molar-refractivity contribution in [3.8, 4) is 11.5 Å². The molecule has 1 aliphatic carbocycles. The molecule has 1 amide bonds. The van der Waals surface area contributed by atoms with Crippen molar-refractivity contribution in [3.05, 3.63) is 71.4 Å². The molecule has 1 aliphatic heterocycles. The molecule has 0 spiro atoms. The summed E-state index contributed by atoms with van der Waals surface area (Å²) in [6, 6.07) is 15.8. The second-order valence-corrected chi connectivity index (χ2v) is 8.33. The number of hydrazone groups is 1. The van der Waals surface area contributed by atoms with Gasteiger partial charge < -0.3 is 14.8 Å². The quantitative estimate of drug-likeness (QED) is 0.421. The van der Waals surface area contributed by atoms with Crippen LogP contribution in [0, 0.1) is 0 Å². The fraction of sp³-hybridized carbons (Fsp3) is 0.320. The lowest BCUT2D eigenvalue weighted by atomic mass is 10.1. The predicted molar refractivity (Wildman–Crippen MR) is 126 cm³/mol. The highest BCUT2D eigenvalue weighted by Gasteiger charge is 2.28. The number of carbonyl (C=O) groups is 1. The summed E-state index contributed by atoms with van der Waals surface area (Å²) in [5, 5.41) is 11.9. The number of hydrogen-bond donors (Lipinski definition) is 2. The summed E-state index contributed by atoms with van der Waals surface area (Å²) in [5.74, 6) is 1.78. The molecule has 3 aromatic rings. The molecule has 5 rings (SSSR count). The molecule has 0 saturated heterocycles. The Labute approximate surface area is 192 Å².